The molecule has 1 aliphatic rings. The molecule has 0 unspecified atom stereocenters. The molecule has 0 saturated heterocycles. The molecule has 98 valence electrons. The molecule has 0 aromatic heterocycles. The molecule has 2 aromatic carbocycles. The summed E-state index contributed by atoms with van der Waals surface area (Å²) in [6, 6.07) is 4.77. The number of hydrogen-bond acceptors (Lipinski definition) is 2. The van der Waals surface area contributed by atoms with E-state index in [-0.39, 0.29) is 0 Å². The highest BCUT2D eigenvalue weighted by Crippen LogP contribution is 2.54. The lowest BCUT2D eigenvalue weighted by Crippen LogP contribution is -2.00. The standard InChI is InChI=1S/C12H3BrCl4O2/c13-9-5(15)3-8-12(10(9)17)19-11-6(16)1-4(14)2-7(11)18-8/h1-3H. The second-order valence-electron chi connectivity index (χ2n) is 3.73. The second kappa shape index (κ2) is 4.90. The Bertz CT molecular complexity index is 703. The van der Waals surface area contributed by atoms with Gasteiger partial charge in [0.15, 0.2) is 23.0 Å². The van der Waals surface area contributed by atoms with Crippen LogP contribution in [-0.4, -0.2) is 0 Å². The molecule has 3 rings (SSSR count). The highest BCUT2D eigenvalue weighted by atomic mass is 79.9. The van der Waals surface area contributed by atoms with Crippen molar-refractivity contribution < 1.29 is 9.47 Å². The number of benzene rings is 2. The summed E-state index contributed by atoms with van der Waals surface area (Å²) in [4.78, 5) is 0. The minimum absolute atomic E-state index is 0.319. The molecular formula is C12H3BrCl4O2. The van der Waals surface area contributed by atoms with E-state index in [2.05, 4.69) is 15.9 Å². The Labute approximate surface area is 137 Å². The van der Waals surface area contributed by atoms with Crippen LogP contribution in [0, 0.1) is 0 Å². The van der Waals surface area contributed by atoms with Crippen LogP contribution in [0.2, 0.25) is 20.1 Å². The van der Waals surface area contributed by atoms with Crippen LogP contribution in [0.3, 0.4) is 0 Å². The fraction of sp³-hybridized carbons (Fsp3) is 0. The predicted molar refractivity (Wildman–Crippen MR) is 80.8 cm³/mol. The Morgan fingerprint density at radius 3 is 2.21 bits per heavy atom. The fourth-order valence-corrected chi connectivity index (χ4v) is 2.94. The van der Waals surface area contributed by atoms with Gasteiger partial charge in [-0.15, -0.1) is 0 Å². The largest absolute Gasteiger partial charge is 0.449 e. The highest BCUT2D eigenvalue weighted by Gasteiger charge is 2.26. The van der Waals surface area contributed by atoms with Crippen molar-refractivity contribution >= 4 is 62.3 Å². The first-order valence-electron chi connectivity index (χ1n) is 4.99. The average molecular weight is 401 g/mol. The van der Waals surface area contributed by atoms with Gasteiger partial charge in [-0.25, -0.2) is 0 Å². The zero-order valence-corrected chi connectivity index (χ0v) is 13.5. The SMILES string of the molecule is Clc1cc(Cl)c2c(c1)Oc1cc(Cl)c(Br)c(Cl)c1O2. The van der Waals surface area contributed by atoms with Gasteiger partial charge >= 0.3 is 0 Å². The van der Waals surface area contributed by atoms with Crippen molar-refractivity contribution in [2.45, 2.75) is 0 Å². The molecule has 2 aromatic rings. The van der Waals surface area contributed by atoms with Crippen molar-refractivity contribution in [1.29, 1.82) is 0 Å². The molecule has 0 radical (unpaired) electrons. The van der Waals surface area contributed by atoms with E-state index in [1.807, 2.05) is 0 Å². The normalized spacial score (nSPS) is 12.3. The topological polar surface area (TPSA) is 18.5 Å². The minimum atomic E-state index is 0.319. The molecule has 0 fully saturated rings. The van der Waals surface area contributed by atoms with E-state index in [1.165, 1.54) is 0 Å². The molecule has 0 saturated carbocycles. The molecule has 0 spiro atoms. The maximum atomic E-state index is 6.16. The smallest absolute Gasteiger partial charge is 0.190 e. The Balaban J connectivity index is 2.20. The molecule has 0 amide bonds. The van der Waals surface area contributed by atoms with Gasteiger partial charge in [-0.1, -0.05) is 46.4 Å². The molecule has 0 bridgehead atoms. The lowest BCUT2D eigenvalue weighted by atomic mass is 10.2. The molecule has 1 heterocycles. The quantitative estimate of drug-likeness (QED) is 0.380. The Morgan fingerprint density at radius 2 is 1.47 bits per heavy atom. The first-order chi connectivity index (χ1) is 8.97. The van der Waals surface area contributed by atoms with E-state index < -0.39 is 0 Å². The summed E-state index contributed by atoms with van der Waals surface area (Å²) in [6.07, 6.45) is 0. The lowest BCUT2D eigenvalue weighted by Gasteiger charge is -2.23. The van der Waals surface area contributed by atoms with Gasteiger partial charge in [0.2, 0.25) is 0 Å². The van der Waals surface area contributed by atoms with Crippen molar-refractivity contribution in [1.82, 2.24) is 0 Å². The summed E-state index contributed by atoms with van der Waals surface area (Å²) in [5.41, 5.74) is 0. The van der Waals surface area contributed by atoms with Gasteiger partial charge in [0.25, 0.3) is 0 Å². The lowest BCUT2D eigenvalue weighted by molar-refractivity contribution is 0.360. The summed E-state index contributed by atoms with van der Waals surface area (Å²) in [5.74, 6) is 1.55. The second-order valence-corrected chi connectivity index (χ2v) is 6.15. The van der Waals surface area contributed by atoms with Crippen LogP contribution >= 0.6 is 62.3 Å². The summed E-state index contributed by atoms with van der Waals surface area (Å²) in [7, 11) is 0. The van der Waals surface area contributed by atoms with Gasteiger partial charge in [-0.3, -0.25) is 0 Å². The third-order valence-corrected chi connectivity index (χ3v) is 4.92. The first kappa shape index (κ1) is 13.7. The number of hydrogen-bond donors (Lipinski definition) is 0. The van der Waals surface area contributed by atoms with Crippen LogP contribution in [0.5, 0.6) is 23.0 Å². The van der Waals surface area contributed by atoms with Crippen LogP contribution in [0.4, 0.5) is 0 Å². The number of halogens is 5. The number of fused-ring (bicyclic) bond motifs is 2. The van der Waals surface area contributed by atoms with Crippen molar-refractivity contribution in [2.75, 3.05) is 0 Å². The summed E-state index contributed by atoms with van der Waals surface area (Å²) in [5, 5.41) is 1.53. The van der Waals surface area contributed by atoms with E-state index in [9.17, 15) is 0 Å². The Kier molecular flexibility index (Phi) is 3.52. The maximum absolute atomic E-state index is 6.16. The molecule has 0 atom stereocenters. The predicted octanol–water partition coefficient (Wildman–Crippen LogP) is 6.96. The van der Waals surface area contributed by atoms with Crippen LogP contribution in [0.15, 0.2) is 22.7 Å². The van der Waals surface area contributed by atoms with Crippen LogP contribution in [-0.2, 0) is 0 Å². The molecule has 0 N–H and O–H groups in total. The van der Waals surface area contributed by atoms with Crippen molar-refractivity contribution in [3.63, 3.8) is 0 Å². The zero-order valence-electron chi connectivity index (χ0n) is 8.94. The molecule has 7 heteroatoms. The Hall–Kier alpha value is -0.320. The Morgan fingerprint density at radius 1 is 0.789 bits per heavy atom. The van der Waals surface area contributed by atoms with Crippen molar-refractivity contribution in [2.24, 2.45) is 0 Å². The van der Waals surface area contributed by atoms with Gasteiger partial charge in [-0.2, -0.15) is 0 Å². The van der Waals surface area contributed by atoms with Crippen LogP contribution < -0.4 is 9.47 Å². The number of ether oxygens (including phenoxy) is 2. The highest BCUT2D eigenvalue weighted by molar-refractivity contribution is 9.10. The van der Waals surface area contributed by atoms with Crippen LogP contribution in [0.25, 0.3) is 0 Å². The van der Waals surface area contributed by atoms with Gasteiger partial charge in [0.1, 0.15) is 5.02 Å². The molecular weight excluding hydrogens is 398 g/mol. The monoisotopic (exact) mass is 398 g/mol. The van der Waals surface area contributed by atoms with Crippen molar-refractivity contribution in [3.05, 3.63) is 42.8 Å². The average Bonchev–Trinajstić information content (AvgIpc) is 2.34. The summed E-state index contributed by atoms with van der Waals surface area (Å²) >= 11 is 27.4. The zero-order chi connectivity index (χ0) is 13.7. The minimum Gasteiger partial charge on any atom is -0.449 e. The maximum Gasteiger partial charge on any atom is 0.190 e. The van der Waals surface area contributed by atoms with Gasteiger partial charge in [0, 0.05) is 17.2 Å². The molecule has 2 nitrogen and oxygen atoms in total. The molecule has 0 aliphatic carbocycles. The fourth-order valence-electron chi connectivity index (χ4n) is 1.66. The summed E-state index contributed by atoms with van der Waals surface area (Å²) in [6.45, 7) is 0. The van der Waals surface area contributed by atoms with Gasteiger partial charge < -0.3 is 9.47 Å². The summed E-state index contributed by atoms with van der Waals surface area (Å²) < 4.78 is 11.9. The molecule has 19 heavy (non-hydrogen) atoms. The first-order valence-corrected chi connectivity index (χ1v) is 7.30. The van der Waals surface area contributed by atoms with E-state index in [4.69, 9.17) is 55.9 Å². The van der Waals surface area contributed by atoms with E-state index in [0.29, 0.717) is 47.6 Å². The van der Waals surface area contributed by atoms with E-state index in [0.717, 1.165) is 0 Å². The van der Waals surface area contributed by atoms with E-state index >= 15 is 0 Å². The van der Waals surface area contributed by atoms with Gasteiger partial charge in [-0.05, 0) is 22.0 Å². The number of rotatable bonds is 0. The van der Waals surface area contributed by atoms with Crippen molar-refractivity contribution in [3.8, 4) is 23.0 Å². The van der Waals surface area contributed by atoms with E-state index in [1.54, 1.807) is 18.2 Å². The van der Waals surface area contributed by atoms with Crippen LogP contribution in [0.1, 0.15) is 0 Å². The molecule has 1 aliphatic heterocycles. The third-order valence-electron chi connectivity index (χ3n) is 2.48. The third kappa shape index (κ3) is 2.28. The van der Waals surface area contributed by atoms with Gasteiger partial charge in [0.05, 0.1) is 14.5 Å².